The Morgan fingerprint density at radius 3 is 2.23 bits per heavy atom. The number of carbonyl (C=O) groups is 1. The van der Waals surface area contributed by atoms with Crippen molar-refractivity contribution in [3.63, 3.8) is 0 Å². The van der Waals surface area contributed by atoms with Gasteiger partial charge in [0, 0.05) is 60.0 Å². The predicted molar refractivity (Wildman–Crippen MR) is 161 cm³/mol. The first-order chi connectivity index (χ1) is 21.2. The fourth-order valence-corrected chi connectivity index (χ4v) is 6.19. The van der Waals surface area contributed by atoms with E-state index in [1.807, 2.05) is 6.92 Å². The molecule has 222 valence electrons. The van der Waals surface area contributed by atoms with Gasteiger partial charge in [-0.2, -0.15) is 4.98 Å². The molecule has 0 saturated carbocycles. The summed E-state index contributed by atoms with van der Waals surface area (Å²) in [4.78, 5) is 40.1. The molecule has 2 fully saturated rings. The van der Waals surface area contributed by atoms with E-state index in [1.165, 1.54) is 28.8 Å². The standard InChI is InChI=1S/C33H27F3N6O2/c1-19-28-12-13-30(43)42(25-8-3-20(4-9-25)32(44)37-16-21-2-5-23(35)14-29(21)36)31(28)39-33(38-19)41-18-26-15-27(41)17-40(26)24-10-6-22(34)7-11-24/h2-14,26-27H,15-18H2,1H3,(H,37,44). The maximum Gasteiger partial charge on any atom is 0.256 e. The highest BCUT2D eigenvalue weighted by molar-refractivity contribution is 5.94. The summed E-state index contributed by atoms with van der Waals surface area (Å²) in [5, 5.41) is 3.37. The van der Waals surface area contributed by atoms with E-state index < -0.39 is 17.5 Å². The van der Waals surface area contributed by atoms with Crippen LogP contribution < -0.4 is 20.7 Å². The van der Waals surface area contributed by atoms with Gasteiger partial charge >= 0.3 is 0 Å². The Labute approximate surface area is 250 Å². The van der Waals surface area contributed by atoms with Gasteiger partial charge in [-0.25, -0.2) is 18.2 Å². The second-order valence-electron chi connectivity index (χ2n) is 11.1. The minimum absolute atomic E-state index is 0.103. The summed E-state index contributed by atoms with van der Waals surface area (Å²) in [5.41, 5.74) is 2.91. The van der Waals surface area contributed by atoms with Crippen molar-refractivity contribution in [2.45, 2.75) is 32.0 Å². The molecule has 11 heteroatoms. The Morgan fingerprint density at radius 2 is 1.52 bits per heavy atom. The predicted octanol–water partition coefficient (Wildman–Crippen LogP) is 4.90. The zero-order valence-electron chi connectivity index (χ0n) is 23.7. The van der Waals surface area contributed by atoms with Gasteiger partial charge in [-0.05, 0) is 74.0 Å². The minimum Gasteiger partial charge on any atom is -0.365 e. The van der Waals surface area contributed by atoms with Crippen LogP contribution in [0.4, 0.5) is 24.8 Å². The summed E-state index contributed by atoms with van der Waals surface area (Å²) in [6.07, 6.45) is 0.927. The van der Waals surface area contributed by atoms with Crippen LogP contribution in [0.25, 0.3) is 16.7 Å². The van der Waals surface area contributed by atoms with Gasteiger partial charge in [-0.1, -0.05) is 6.07 Å². The molecule has 2 atom stereocenters. The summed E-state index contributed by atoms with van der Waals surface area (Å²) >= 11 is 0. The fraction of sp³-hybridized carbons (Fsp3) is 0.212. The van der Waals surface area contributed by atoms with Crippen molar-refractivity contribution in [2.24, 2.45) is 0 Å². The van der Waals surface area contributed by atoms with Gasteiger partial charge < -0.3 is 15.1 Å². The van der Waals surface area contributed by atoms with Crippen molar-refractivity contribution >= 4 is 28.6 Å². The molecule has 4 heterocycles. The molecule has 0 aliphatic carbocycles. The van der Waals surface area contributed by atoms with Gasteiger partial charge in [0.1, 0.15) is 17.5 Å². The third-order valence-corrected chi connectivity index (χ3v) is 8.43. The van der Waals surface area contributed by atoms with Gasteiger partial charge in [0.25, 0.3) is 11.5 Å². The van der Waals surface area contributed by atoms with Gasteiger partial charge in [0.15, 0.2) is 5.65 Å². The zero-order valence-corrected chi connectivity index (χ0v) is 23.7. The summed E-state index contributed by atoms with van der Waals surface area (Å²) in [5.74, 6) is -1.58. The molecule has 3 aromatic carbocycles. The number of fused-ring (bicyclic) bond motifs is 3. The number of pyridine rings is 1. The van der Waals surface area contributed by atoms with Crippen molar-refractivity contribution in [3.05, 3.63) is 123 Å². The highest BCUT2D eigenvalue weighted by Crippen LogP contribution is 2.37. The Kier molecular flexibility index (Phi) is 6.80. The van der Waals surface area contributed by atoms with E-state index in [2.05, 4.69) is 15.1 Å². The summed E-state index contributed by atoms with van der Waals surface area (Å²) in [6.45, 7) is 3.25. The van der Waals surface area contributed by atoms with Crippen LogP contribution in [0, 0.1) is 24.4 Å². The second-order valence-corrected chi connectivity index (χ2v) is 11.1. The Balaban J connectivity index is 1.14. The lowest BCUT2D eigenvalue weighted by Crippen LogP contribution is -2.47. The molecule has 44 heavy (non-hydrogen) atoms. The molecule has 2 aliphatic heterocycles. The number of aryl methyl sites for hydroxylation is 1. The Bertz CT molecular complexity index is 1960. The lowest BCUT2D eigenvalue weighted by atomic mass is 10.1. The van der Waals surface area contributed by atoms with E-state index in [4.69, 9.17) is 9.97 Å². The maximum atomic E-state index is 14.0. The number of hydrogen-bond acceptors (Lipinski definition) is 6. The lowest BCUT2D eigenvalue weighted by molar-refractivity contribution is 0.0950. The number of amides is 1. The van der Waals surface area contributed by atoms with Crippen LogP contribution in [0.5, 0.6) is 0 Å². The molecule has 2 unspecified atom stereocenters. The SMILES string of the molecule is Cc1nc(N2CC3CC2CN3c2ccc(F)cc2)nc2c1ccc(=O)n2-c1ccc(C(=O)NCc2ccc(F)cc2F)cc1. The van der Waals surface area contributed by atoms with Crippen LogP contribution in [0.1, 0.15) is 28.0 Å². The first kappa shape index (κ1) is 27.6. The van der Waals surface area contributed by atoms with Crippen molar-refractivity contribution in [1.82, 2.24) is 19.9 Å². The first-order valence-electron chi connectivity index (χ1n) is 14.3. The third-order valence-electron chi connectivity index (χ3n) is 8.43. The van der Waals surface area contributed by atoms with Crippen LogP contribution in [0.2, 0.25) is 0 Å². The third kappa shape index (κ3) is 4.93. The maximum absolute atomic E-state index is 14.0. The number of nitrogens with one attached hydrogen (secondary N) is 1. The molecular weight excluding hydrogens is 569 g/mol. The molecule has 1 N–H and O–H groups in total. The monoisotopic (exact) mass is 596 g/mol. The van der Waals surface area contributed by atoms with Gasteiger partial charge in [0.2, 0.25) is 5.95 Å². The topological polar surface area (TPSA) is 83.4 Å². The molecule has 2 aromatic heterocycles. The van der Waals surface area contributed by atoms with Gasteiger partial charge in [0.05, 0.1) is 17.4 Å². The number of hydrogen-bond donors (Lipinski definition) is 1. The molecule has 5 aromatic rings. The number of nitrogens with zero attached hydrogens (tertiary/aromatic N) is 5. The highest BCUT2D eigenvalue weighted by Gasteiger charge is 2.44. The summed E-state index contributed by atoms with van der Waals surface area (Å²) in [7, 11) is 0. The van der Waals surface area contributed by atoms with E-state index in [9.17, 15) is 22.8 Å². The Morgan fingerprint density at radius 1 is 0.841 bits per heavy atom. The molecule has 2 bridgehead atoms. The van der Waals surface area contributed by atoms with Gasteiger partial charge in [-0.3, -0.25) is 14.2 Å². The van der Waals surface area contributed by atoms with Crippen LogP contribution in [0.15, 0.2) is 83.7 Å². The second kappa shape index (κ2) is 10.8. The number of piperazine rings is 1. The first-order valence-corrected chi connectivity index (χ1v) is 14.3. The van der Waals surface area contributed by atoms with E-state index in [-0.39, 0.29) is 35.6 Å². The van der Waals surface area contributed by atoms with Crippen LogP contribution in [0.3, 0.4) is 0 Å². The number of benzene rings is 3. The molecule has 1 amide bonds. The number of aromatic nitrogens is 3. The summed E-state index contributed by atoms with van der Waals surface area (Å²) < 4.78 is 42.1. The van der Waals surface area contributed by atoms with Gasteiger partial charge in [-0.15, -0.1) is 0 Å². The van der Waals surface area contributed by atoms with Crippen LogP contribution in [-0.4, -0.2) is 45.6 Å². The average Bonchev–Trinajstić information content (AvgIpc) is 3.63. The quantitative estimate of drug-likeness (QED) is 0.300. The largest absolute Gasteiger partial charge is 0.365 e. The molecule has 0 radical (unpaired) electrons. The number of rotatable bonds is 6. The smallest absolute Gasteiger partial charge is 0.256 e. The Hall–Kier alpha value is -5.19. The van der Waals surface area contributed by atoms with Crippen molar-refractivity contribution in [1.29, 1.82) is 0 Å². The molecule has 0 spiro atoms. The normalized spacial score (nSPS) is 17.5. The zero-order chi connectivity index (χ0) is 30.5. The highest BCUT2D eigenvalue weighted by atomic mass is 19.1. The van der Waals surface area contributed by atoms with Crippen LogP contribution >= 0.6 is 0 Å². The number of carbonyl (C=O) groups excluding carboxylic acids is 1. The molecule has 2 aliphatic rings. The van der Waals surface area contributed by atoms with E-state index in [0.717, 1.165) is 41.9 Å². The number of halogens is 3. The summed E-state index contributed by atoms with van der Waals surface area (Å²) in [6, 6.07) is 19.8. The van der Waals surface area contributed by atoms with E-state index in [1.54, 1.807) is 42.5 Å². The van der Waals surface area contributed by atoms with Crippen molar-refractivity contribution in [2.75, 3.05) is 22.9 Å². The minimum atomic E-state index is -0.736. The molecular formula is C33H27F3N6O2. The van der Waals surface area contributed by atoms with Crippen molar-refractivity contribution in [3.8, 4) is 5.69 Å². The average molecular weight is 597 g/mol. The molecule has 7 rings (SSSR count). The molecule has 2 saturated heterocycles. The van der Waals surface area contributed by atoms with Crippen molar-refractivity contribution < 1.29 is 18.0 Å². The lowest BCUT2D eigenvalue weighted by Gasteiger charge is -2.35. The fourth-order valence-electron chi connectivity index (χ4n) is 6.19. The van der Waals surface area contributed by atoms with E-state index in [0.29, 0.717) is 29.4 Å². The molecule has 8 nitrogen and oxygen atoms in total. The number of anilines is 2. The van der Waals surface area contributed by atoms with E-state index >= 15 is 0 Å². The van der Waals surface area contributed by atoms with Crippen LogP contribution in [-0.2, 0) is 6.54 Å².